The summed E-state index contributed by atoms with van der Waals surface area (Å²) in [5, 5.41) is 33.9. The molecule has 0 unspecified atom stereocenters. The van der Waals surface area contributed by atoms with Gasteiger partial charge in [0.15, 0.2) is 11.4 Å². The lowest BCUT2D eigenvalue weighted by Gasteiger charge is -2.50. The molecule has 4 rings (SSSR count). The van der Waals surface area contributed by atoms with E-state index in [-0.39, 0.29) is 25.2 Å². The molecule has 1 amide bonds. The first kappa shape index (κ1) is 28.1. The number of carbonyl (C=O) groups is 3. The molecular weight excluding hydrogens is 579 g/mol. The van der Waals surface area contributed by atoms with Gasteiger partial charge in [0, 0.05) is 15.1 Å². The van der Waals surface area contributed by atoms with Gasteiger partial charge in [0.1, 0.15) is 22.8 Å². The summed E-state index contributed by atoms with van der Waals surface area (Å²) in [5.74, 6) is -5.37. The van der Waals surface area contributed by atoms with Crippen LogP contribution in [0.3, 0.4) is 0 Å². The van der Waals surface area contributed by atoms with Crippen LogP contribution in [0.5, 0.6) is 5.75 Å². The maximum atomic E-state index is 13.9. The number of carbonyl (C=O) groups excluding carboxylic acids is 3. The molecule has 0 heterocycles. The number of fused-ring (bicyclic) bond motifs is 3. The second-order valence-corrected chi connectivity index (χ2v) is 10.7. The number of rotatable bonds is 6. The van der Waals surface area contributed by atoms with Crippen molar-refractivity contribution in [2.75, 3.05) is 20.7 Å². The van der Waals surface area contributed by atoms with E-state index in [0.717, 1.165) is 22.0 Å². The maximum Gasteiger partial charge on any atom is 0.255 e. The smallest absolute Gasteiger partial charge is 0.255 e. The molecule has 0 aliphatic heterocycles. The Morgan fingerprint density at radius 1 is 1.28 bits per heavy atom. The molecule has 4 atom stereocenters. The minimum absolute atomic E-state index is 0. The van der Waals surface area contributed by atoms with Crippen molar-refractivity contribution in [2.45, 2.75) is 51.7 Å². The normalized spacial score (nSPS) is 27.3. The number of amides is 1. The van der Waals surface area contributed by atoms with Gasteiger partial charge in [0.25, 0.3) is 5.91 Å². The third-order valence-corrected chi connectivity index (χ3v) is 8.30. The van der Waals surface area contributed by atoms with Gasteiger partial charge in [-0.3, -0.25) is 19.3 Å². The summed E-state index contributed by atoms with van der Waals surface area (Å²) in [4.78, 5) is 40.5. The van der Waals surface area contributed by atoms with Gasteiger partial charge in [-0.25, -0.2) is 0 Å². The van der Waals surface area contributed by atoms with E-state index < -0.39 is 52.3 Å². The number of aliphatic hydroxyl groups excluding tert-OH is 2. The van der Waals surface area contributed by atoms with Crippen LogP contribution < -0.4 is 10.5 Å². The Morgan fingerprint density at radius 3 is 2.53 bits per heavy atom. The average Bonchev–Trinajstić information content (AvgIpc) is 2.77. The summed E-state index contributed by atoms with van der Waals surface area (Å²) >= 11 is 2.17. The third-order valence-electron chi connectivity index (χ3n) is 7.29. The fraction of sp³-hybridized carbons (Fsp3) is 0.500. The number of nitrogens with two attached hydrogens (primary N) is 1. The topological polar surface area (TPSA) is 150 Å². The van der Waals surface area contributed by atoms with Gasteiger partial charge in [-0.05, 0) is 79.6 Å². The predicted molar refractivity (Wildman–Crippen MR) is 142 cm³/mol. The van der Waals surface area contributed by atoms with E-state index in [0.29, 0.717) is 24.3 Å². The van der Waals surface area contributed by atoms with Crippen molar-refractivity contribution in [3.05, 3.63) is 43.7 Å². The number of ether oxygens (including phenoxy) is 1. The molecule has 5 N–H and O–H groups in total. The van der Waals surface area contributed by atoms with Gasteiger partial charge < -0.3 is 25.8 Å². The summed E-state index contributed by atoms with van der Waals surface area (Å²) in [5.41, 5.74) is 3.17. The van der Waals surface area contributed by atoms with Crippen molar-refractivity contribution in [1.82, 2.24) is 4.90 Å². The molecule has 0 aromatic heterocycles. The van der Waals surface area contributed by atoms with Gasteiger partial charge in [-0.2, -0.15) is 0 Å². The summed E-state index contributed by atoms with van der Waals surface area (Å²) in [6.07, 6.45) is 2.25. The first-order valence-electron chi connectivity index (χ1n) is 11.6. The molecule has 0 bridgehead atoms. The molecule has 1 aromatic rings. The van der Waals surface area contributed by atoms with Crippen molar-refractivity contribution in [3.63, 3.8) is 0 Å². The Labute approximate surface area is 224 Å². The van der Waals surface area contributed by atoms with Crippen LogP contribution in [-0.4, -0.2) is 70.0 Å². The summed E-state index contributed by atoms with van der Waals surface area (Å²) in [6.45, 7) is 2.47. The van der Waals surface area contributed by atoms with Gasteiger partial charge in [-0.15, -0.1) is 0 Å². The Hall–Kier alpha value is -2.44. The maximum absolute atomic E-state index is 13.9. The number of likely N-dealkylation sites (N-methyl/N-ethyl adjacent to an activating group) is 1. The molecule has 196 valence electrons. The number of aliphatic hydroxyl groups is 3. The van der Waals surface area contributed by atoms with E-state index in [2.05, 4.69) is 22.6 Å². The second kappa shape index (κ2) is 10.1. The molecule has 3 aliphatic carbocycles. The second-order valence-electron chi connectivity index (χ2n) is 9.56. The van der Waals surface area contributed by atoms with E-state index in [1.54, 1.807) is 20.2 Å². The molecular formula is C26H33IN2O7. The van der Waals surface area contributed by atoms with E-state index in [1.807, 2.05) is 13.0 Å². The van der Waals surface area contributed by atoms with Gasteiger partial charge >= 0.3 is 0 Å². The van der Waals surface area contributed by atoms with Crippen LogP contribution in [0.2, 0.25) is 0 Å². The number of benzene rings is 1. The number of hydrogen-bond donors (Lipinski definition) is 4. The Balaban J connectivity index is 0.00000361. The number of halogens is 1. The highest BCUT2D eigenvalue weighted by Gasteiger charge is 2.64. The Morgan fingerprint density at radius 2 is 1.94 bits per heavy atom. The Kier molecular flexibility index (Phi) is 7.92. The third kappa shape index (κ3) is 4.03. The Bertz CT molecular complexity index is 1190. The molecule has 1 aromatic carbocycles. The highest BCUT2D eigenvalue weighted by atomic mass is 127. The number of nitrogens with zero attached hydrogens (tertiary/aromatic N) is 1. The van der Waals surface area contributed by atoms with Crippen molar-refractivity contribution < 1.29 is 34.4 Å². The highest BCUT2D eigenvalue weighted by molar-refractivity contribution is 14.1. The van der Waals surface area contributed by atoms with Crippen LogP contribution in [0, 0.1) is 15.4 Å². The lowest BCUT2D eigenvalue weighted by Crippen LogP contribution is -2.65. The quantitative estimate of drug-likeness (QED) is 0.218. The predicted octanol–water partition coefficient (Wildman–Crippen LogP) is 2.68. The van der Waals surface area contributed by atoms with Gasteiger partial charge in [0.2, 0.25) is 5.78 Å². The van der Waals surface area contributed by atoms with Crippen LogP contribution in [0.25, 0.3) is 5.76 Å². The standard InChI is InChI=1S/C25H29IN2O7.CH4/c1-4-5-8-35-15-7-6-14(26)12-9-11-10-13-19(28(2)3)21(30)18(24(27)33)23(32)25(13,34)22(31)16(11)20(29)17(12)15;/h6-7,11,13,19,29,32,34H,4-5,8-10H2,1-3H3,(H2,27,33);1H4/t11-,13-,19-,25-;/m0./s1. The van der Waals surface area contributed by atoms with Crippen LogP contribution >= 0.6 is 22.6 Å². The molecule has 10 heteroatoms. The first-order valence-corrected chi connectivity index (χ1v) is 12.6. The largest absolute Gasteiger partial charge is 0.508 e. The molecule has 0 radical (unpaired) electrons. The fourth-order valence-electron chi connectivity index (χ4n) is 5.64. The monoisotopic (exact) mass is 612 g/mol. The average molecular weight is 612 g/mol. The lowest BCUT2D eigenvalue weighted by atomic mass is 9.57. The minimum atomic E-state index is -2.57. The number of ketones is 2. The summed E-state index contributed by atoms with van der Waals surface area (Å²) in [6, 6.07) is 2.57. The molecule has 0 saturated heterocycles. The minimum Gasteiger partial charge on any atom is -0.508 e. The van der Waals surface area contributed by atoms with Crippen molar-refractivity contribution in [3.8, 4) is 5.75 Å². The molecule has 1 saturated carbocycles. The number of primary amides is 1. The zero-order chi connectivity index (χ0) is 25.8. The lowest BCUT2D eigenvalue weighted by molar-refractivity contribution is -0.153. The summed E-state index contributed by atoms with van der Waals surface area (Å²) < 4.78 is 6.80. The van der Waals surface area contributed by atoms with E-state index in [9.17, 15) is 29.7 Å². The van der Waals surface area contributed by atoms with Crippen molar-refractivity contribution in [2.24, 2.45) is 17.6 Å². The molecule has 36 heavy (non-hydrogen) atoms. The van der Waals surface area contributed by atoms with Crippen LogP contribution in [-0.2, 0) is 20.8 Å². The van der Waals surface area contributed by atoms with Gasteiger partial charge in [-0.1, -0.05) is 20.8 Å². The number of Topliss-reactive ketones (excluding diaryl/α,β-unsaturated/α-hetero) is 2. The number of unbranched alkanes of at least 4 members (excludes halogenated alkanes) is 1. The van der Waals surface area contributed by atoms with Crippen molar-refractivity contribution >= 4 is 45.8 Å². The number of hydrogen-bond acceptors (Lipinski definition) is 8. The van der Waals surface area contributed by atoms with Crippen LogP contribution in [0.1, 0.15) is 44.7 Å². The molecule has 3 aliphatic rings. The zero-order valence-electron chi connectivity index (χ0n) is 19.8. The first-order chi connectivity index (χ1) is 16.5. The molecule has 0 spiro atoms. The SMILES string of the molecule is C.CCCCOc1ccc(I)c2c1C(O)=C1C(=O)[C@]3(O)C(O)=C(C(N)=O)C(=O)[C@@H](N(C)C)[C@@H]3C[C@@H]1C2. The van der Waals surface area contributed by atoms with Gasteiger partial charge in [0.05, 0.1) is 18.2 Å². The molecule has 1 fully saturated rings. The van der Waals surface area contributed by atoms with E-state index in [4.69, 9.17) is 10.5 Å². The van der Waals surface area contributed by atoms with E-state index >= 15 is 0 Å². The van der Waals surface area contributed by atoms with E-state index in [1.165, 1.54) is 4.90 Å². The highest BCUT2D eigenvalue weighted by Crippen LogP contribution is 2.53. The van der Waals surface area contributed by atoms with Crippen LogP contribution in [0.15, 0.2) is 29.0 Å². The summed E-state index contributed by atoms with van der Waals surface area (Å²) in [7, 11) is 3.19. The molecule has 9 nitrogen and oxygen atoms in total. The van der Waals surface area contributed by atoms with Crippen molar-refractivity contribution in [1.29, 1.82) is 0 Å². The van der Waals surface area contributed by atoms with Crippen LogP contribution in [0.4, 0.5) is 0 Å². The zero-order valence-corrected chi connectivity index (χ0v) is 22.0. The fourth-order valence-corrected chi connectivity index (χ4v) is 6.31.